The van der Waals surface area contributed by atoms with Crippen molar-refractivity contribution in [3.8, 4) is 0 Å². The van der Waals surface area contributed by atoms with Gasteiger partial charge in [0, 0.05) is 24.4 Å². The predicted octanol–water partition coefficient (Wildman–Crippen LogP) is 4.56. The molecule has 2 rings (SSSR count). The van der Waals surface area contributed by atoms with Gasteiger partial charge in [0.05, 0.1) is 9.48 Å². The molecule has 2 aromatic heterocycles. The summed E-state index contributed by atoms with van der Waals surface area (Å²) in [6.07, 6.45) is 4.32. The molecular weight excluding hydrogens is 358 g/mol. The maximum Gasteiger partial charge on any atom is 0.151 e. The SMILES string of the molecule is CCCCc1nc(Cl)c(CNCCc2ccc(Br)s2)[nH]1. The number of aromatic amines is 1. The lowest BCUT2D eigenvalue weighted by Gasteiger charge is -2.02. The molecule has 0 bridgehead atoms. The normalized spacial score (nSPS) is 11.2. The van der Waals surface area contributed by atoms with E-state index in [1.807, 2.05) is 0 Å². The number of aryl methyl sites for hydroxylation is 1. The molecule has 0 spiro atoms. The largest absolute Gasteiger partial charge is 0.344 e. The lowest BCUT2D eigenvalue weighted by molar-refractivity contribution is 0.677. The van der Waals surface area contributed by atoms with E-state index in [0.717, 1.165) is 43.9 Å². The summed E-state index contributed by atoms with van der Waals surface area (Å²) < 4.78 is 1.18. The van der Waals surface area contributed by atoms with Crippen molar-refractivity contribution in [2.45, 2.75) is 39.2 Å². The molecule has 0 radical (unpaired) electrons. The van der Waals surface area contributed by atoms with E-state index in [2.05, 4.69) is 50.3 Å². The van der Waals surface area contributed by atoms with Gasteiger partial charge in [-0.1, -0.05) is 24.9 Å². The van der Waals surface area contributed by atoms with Crippen LogP contribution in [0.1, 0.15) is 36.2 Å². The predicted molar refractivity (Wildman–Crippen MR) is 89.6 cm³/mol. The number of nitrogens with zero attached hydrogens (tertiary/aromatic N) is 1. The zero-order valence-corrected chi connectivity index (χ0v) is 14.7. The van der Waals surface area contributed by atoms with Gasteiger partial charge in [-0.2, -0.15) is 0 Å². The minimum atomic E-state index is 0.600. The molecule has 0 amide bonds. The van der Waals surface area contributed by atoms with E-state index in [-0.39, 0.29) is 0 Å². The van der Waals surface area contributed by atoms with E-state index < -0.39 is 0 Å². The second-order valence-electron chi connectivity index (χ2n) is 4.69. The standard InChI is InChI=1S/C14H19BrClN3S/c1-2-3-4-13-18-11(14(16)19-13)9-17-8-7-10-5-6-12(15)20-10/h5-6,17H,2-4,7-9H2,1H3,(H,18,19). The first kappa shape index (κ1) is 16.0. The Bertz CT molecular complexity index is 538. The van der Waals surface area contributed by atoms with Crippen molar-refractivity contribution in [1.29, 1.82) is 0 Å². The van der Waals surface area contributed by atoms with E-state index in [1.165, 1.54) is 15.1 Å². The van der Waals surface area contributed by atoms with Crippen LogP contribution in [0.15, 0.2) is 15.9 Å². The van der Waals surface area contributed by atoms with Gasteiger partial charge in [0.15, 0.2) is 5.15 Å². The molecular formula is C14H19BrClN3S. The first-order chi connectivity index (χ1) is 9.69. The summed E-state index contributed by atoms with van der Waals surface area (Å²) in [6, 6.07) is 4.24. The highest BCUT2D eigenvalue weighted by Crippen LogP contribution is 2.22. The summed E-state index contributed by atoms with van der Waals surface area (Å²) in [5.41, 5.74) is 0.991. The van der Waals surface area contributed by atoms with E-state index in [4.69, 9.17) is 11.6 Å². The van der Waals surface area contributed by atoms with Gasteiger partial charge in [-0.3, -0.25) is 0 Å². The van der Waals surface area contributed by atoms with Crippen molar-refractivity contribution < 1.29 is 0 Å². The number of halogens is 2. The number of aromatic nitrogens is 2. The fourth-order valence-corrected chi connectivity index (χ4v) is 3.63. The van der Waals surface area contributed by atoms with Crippen molar-refractivity contribution >= 4 is 38.9 Å². The minimum absolute atomic E-state index is 0.600. The molecule has 20 heavy (non-hydrogen) atoms. The molecule has 0 unspecified atom stereocenters. The first-order valence-corrected chi connectivity index (χ1v) is 8.86. The van der Waals surface area contributed by atoms with Gasteiger partial charge in [-0.15, -0.1) is 11.3 Å². The fourth-order valence-electron chi connectivity index (χ4n) is 1.93. The third kappa shape index (κ3) is 4.88. The average molecular weight is 377 g/mol. The third-order valence-electron chi connectivity index (χ3n) is 3.02. The highest BCUT2D eigenvalue weighted by molar-refractivity contribution is 9.11. The second-order valence-corrected chi connectivity index (χ2v) is 7.59. The quantitative estimate of drug-likeness (QED) is 0.663. The average Bonchev–Trinajstić information content (AvgIpc) is 2.99. The molecule has 0 saturated carbocycles. The fraction of sp³-hybridized carbons (Fsp3) is 0.500. The van der Waals surface area contributed by atoms with Crippen molar-refractivity contribution in [2.24, 2.45) is 0 Å². The van der Waals surface area contributed by atoms with Gasteiger partial charge >= 0.3 is 0 Å². The van der Waals surface area contributed by atoms with E-state index >= 15 is 0 Å². The molecule has 3 nitrogen and oxygen atoms in total. The van der Waals surface area contributed by atoms with Crippen molar-refractivity contribution in [2.75, 3.05) is 6.54 Å². The maximum atomic E-state index is 6.14. The lowest BCUT2D eigenvalue weighted by Crippen LogP contribution is -2.16. The Morgan fingerprint density at radius 2 is 2.25 bits per heavy atom. The van der Waals surface area contributed by atoms with Crippen LogP contribution in [0.5, 0.6) is 0 Å². The highest BCUT2D eigenvalue weighted by atomic mass is 79.9. The second kappa shape index (κ2) is 8.17. The molecule has 110 valence electrons. The lowest BCUT2D eigenvalue weighted by atomic mass is 10.2. The van der Waals surface area contributed by atoms with Crippen LogP contribution in [0.3, 0.4) is 0 Å². The van der Waals surface area contributed by atoms with E-state index in [9.17, 15) is 0 Å². The van der Waals surface area contributed by atoms with E-state index in [0.29, 0.717) is 5.15 Å². The van der Waals surface area contributed by atoms with Crippen LogP contribution in [-0.4, -0.2) is 16.5 Å². The van der Waals surface area contributed by atoms with Gasteiger partial charge in [-0.05, 0) is 40.9 Å². The number of hydrogen-bond acceptors (Lipinski definition) is 3. The molecule has 0 fully saturated rings. The number of thiophene rings is 1. The van der Waals surface area contributed by atoms with Crippen molar-refractivity contribution in [3.63, 3.8) is 0 Å². The molecule has 0 aliphatic rings. The first-order valence-electron chi connectivity index (χ1n) is 6.87. The number of unbranched alkanes of at least 4 members (excludes halogenated alkanes) is 1. The molecule has 0 aliphatic carbocycles. The molecule has 0 saturated heterocycles. The van der Waals surface area contributed by atoms with Crippen LogP contribution in [0.25, 0.3) is 0 Å². The van der Waals surface area contributed by atoms with Gasteiger partial charge < -0.3 is 10.3 Å². The topological polar surface area (TPSA) is 40.7 Å². The van der Waals surface area contributed by atoms with Crippen LogP contribution < -0.4 is 5.32 Å². The molecule has 0 aromatic carbocycles. The zero-order valence-electron chi connectivity index (χ0n) is 11.5. The van der Waals surface area contributed by atoms with Crippen LogP contribution in [-0.2, 0) is 19.4 Å². The highest BCUT2D eigenvalue weighted by Gasteiger charge is 2.07. The van der Waals surface area contributed by atoms with Gasteiger partial charge in [0.25, 0.3) is 0 Å². The maximum absolute atomic E-state index is 6.14. The Hall–Kier alpha value is -0.360. The summed E-state index contributed by atoms with van der Waals surface area (Å²) in [6.45, 7) is 3.85. The molecule has 2 heterocycles. The Balaban J connectivity index is 1.74. The number of nitrogens with one attached hydrogen (secondary N) is 2. The van der Waals surface area contributed by atoms with Crippen LogP contribution >= 0.6 is 38.9 Å². The van der Waals surface area contributed by atoms with Crippen LogP contribution in [0.2, 0.25) is 5.15 Å². The molecule has 6 heteroatoms. The molecule has 0 aliphatic heterocycles. The molecule has 2 N–H and O–H groups in total. The van der Waals surface area contributed by atoms with Crippen LogP contribution in [0, 0.1) is 0 Å². The monoisotopic (exact) mass is 375 g/mol. The Morgan fingerprint density at radius 1 is 1.40 bits per heavy atom. The van der Waals surface area contributed by atoms with Crippen LogP contribution in [0.4, 0.5) is 0 Å². The Kier molecular flexibility index (Phi) is 6.55. The van der Waals surface area contributed by atoms with Crippen molar-refractivity contribution in [1.82, 2.24) is 15.3 Å². The number of H-pyrrole nitrogens is 1. The number of hydrogen-bond donors (Lipinski definition) is 2. The summed E-state index contributed by atoms with van der Waals surface area (Å²) in [4.78, 5) is 9.04. The van der Waals surface area contributed by atoms with Gasteiger partial charge in [-0.25, -0.2) is 4.98 Å². The summed E-state index contributed by atoms with van der Waals surface area (Å²) in [5, 5.41) is 4.00. The Labute approximate surface area is 137 Å². The number of rotatable bonds is 8. The number of imidazole rings is 1. The smallest absolute Gasteiger partial charge is 0.151 e. The minimum Gasteiger partial charge on any atom is -0.344 e. The van der Waals surface area contributed by atoms with Gasteiger partial charge in [0.2, 0.25) is 0 Å². The summed E-state index contributed by atoms with van der Waals surface area (Å²) >= 11 is 11.4. The molecule has 0 atom stereocenters. The third-order valence-corrected chi connectivity index (χ3v) is 5.02. The molecule has 2 aromatic rings. The van der Waals surface area contributed by atoms with Gasteiger partial charge in [0.1, 0.15) is 5.82 Å². The Morgan fingerprint density at radius 3 is 2.95 bits per heavy atom. The summed E-state index contributed by atoms with van der Waals surface area (Å²) in [5.74, 6) is 0.996. The zero-order chi connectivity index (χ0) is 14.4. The van der Waals surface area contributed by atoms with Crippen molar-refractivity contribution in [3.05, 3.63) is 37.5 Å². The summed E-state index contributed by atoms with van der Waals surface area (Å²) in [7, 11) is 0. The van der Waals surface area contributed by atoms with E-state index in [1.54, 1.807) is 11.3 Å².